The molecule has 2 heterocycles. The van der Waals surface area contributed by atoms with Gasteiger partial charge in [0.25, 0.3) is 0 Å². The van der Waals surface area contributed by atoms with Crippen molar-refractivity contribution < 1.29 is 14.6 Å². The molecule has 1 fully saturated rings. The third kappa shape index (κ3) is 2.84. The lowest BCUT2D eigenvalue weighted by Gasteiger charge is -2.26. The Morgan fingerprint density at radius 1 is 1.29 bits per heavy atom. The molecule has 1 aromatic carbocycles. The molecule has 1 aliphatic heterocycles. The molecule has 3 rings (SSSR count). The largest absolute Gasteiger partial charge is 0.478 e. The molecule has 1 aliphatic rings. The van der Waals surface area contributed by atoms with Crippen LogP contribution in [0.25, 0.3) is 11.0 Å². The smallest absolute Gasteiger partial charge is 0.335 e. The number of rotatable bonds is 4. The fourth-order valence-corrected chi connectivity index (χ4v) is 2.57. The number of hydrogen-bond acceptors (Lipinski definition) is 4. The van der Waals surface area contributed by atoms with Crippen molar-refractivity contribution in [1.29, 1.82) is 0 Å². The summed E-state index contributed by atoms with van der Waals surface area (Å²) in [6.45, 7) is 4.42. The van der Waals surface area contributed by atoms with Crippen molar-refractivity contribution in [3.8, 4) is 0 Å². The van der Waals surface area contributed by atoms with E-state index in [1.165, 1.54) is 12.1 Å². The third-order valence-electron chi connectivity index (χ3n) is 3.77. The second-order valence-electron chi connectivity index (χ2n) is 5.07. The van der Waals surface area contributed by atoms with E-state index in [1.54, 1.807) is 10.6 Å². The van der Waals surface area contributed by atoms with Gasteiger partial charge in [0, 0.05) is 26.2 Å². The van der Waals surface area contributed by atoms with Crippen LogP contribution in [0.15, 0.2) is 23.0 Å². The Hall–Kier alpha value is -2.12. The van der Waals surface area contributed by atoms with E-state index < -0.39 is 5.97 Å². The highest BCUT2D eigenvalue weighted by Gasteiger charge is 2.13. The number of benzene rings is 1. The van der Waals surface area contributed by atoms with Crippen molar-refractivity contribution in [1.82, 2.24) is 14.5 Å². The number of nitrogens with zero attached hydrogens (tertiary/aromatic N) is 2. The number of aromatic amines is 1. The normalized spacial score (nSPS) is 16.4. The first-order chi connectivity index (χ1) is 10.1. The number of nitrogens with one attached hydrogen (secondary N) is 1. The SMILES string of the molecule is O=C(O)c1ccc2[nH]c(=O)n(CCN3CCOCC3)c2c1. The van der Waals surface area contributed by atoms with Crippen LogP contribution in [0.3, 0.4) is 0 Å². The monoisotopic (exact) mass is 291 g/mol. The maximum Gasteiger partial charge on any atom is 0.335 e. The van der Waals surface area contributed by atoms with E-state index in [4.69, 9.17) is 9.84 Å². The van der Waals surface area contributed by atoms with Crippen molar-refractivity contribution in [3.05, 3.63) is 34.2 Å². The molecule has 7 heteroatoms. The molecule has 2 N–H and O–H groups in total. The Morgan fingerprint density at radius 3 is 2.76 bits per heavy atom. The van der Waals surface area contributed by atoms with Gasteiger partial charge in [-0.25, -0.2) is 9.59 Å². The van der Waals surface area contributed by atoms with Gasteiger partial charge in [0.2, 0.25) is 0 Å². The van der Waals surface area contributed by atoms with Crippen molar-refractivity contribution in [2.75, 3.05) is 32.8 Å². The quantitative estimate of drug-likeness (QED) is 0.849. The third-order valence-corrected chi connectivity index (χ3v) is 3.77. The first kappa shape index (κ1) is 13.8. The number of imidazole rings is 1. The van der Waals surface area contributed by atoms with Crippen molar-refractivity contribution >= 4 is 17.0 Å². The zero-order valence-corrected chi connectivity index (χ0v) is 11.5. The molecule has 0 aliphatic carbocycles. The zero-order valence-electron chi connectivity index (χ0n) is 11.5. The van der Waals surface area contributed by atoms with Crippen molar-refractivity contribution in [2.45, 2.75) is 6.54 Å². The molecule has 1 saturated heterocycles. The summed E-state index contributed by atoms with van der Waals surface area (Å²) in [5.74, 6) is -0.995. The maximum atomic E-state index is 12.0. The molecule has 7 nitrogen and oxygen atoms in total. The number of fused-ring (bicyclic) bond motifs is 1. The Morgan fingerprint density at radius 2 is 2.05 bits per heavy atom. The van der Waals surface area contributed by atoms with Gasteiger partial charge in [-0.05, 0) is 18.2 Å². The summed E-state index contributed by atoms with van der Waals surface area (Å²) in [6, 6.07) is 4.66. The van der Waals surface area contributed by atoms with E-state index in [0.29, 0.717) is 30.8 Å². The standard InChI is InChI=1S/C14H17N3O4/c18-13(19)10-1-2-11-12(9-10)17(14(20)15-11)4-3-16-5-7-21-8-6-16/h1-2,9H,3-8H2,(H,15,20)(H,18,19). The van der Waals surface area contributed by atoms with E-state index in [2.05, 4.69) is 9.88 Å². The summed E-state index contributed by atoms with van der Waals surface area (Å²) in [4.78, 5) is 28.0. The second-order valence-corrected chi connectivity index (χ2v) is 5.07. The summed E-state index contributed by atoms with van der Waals surface area (Å²) in [6.07, 6.45) is 0. The van der Waals surface area contributed by atoms with Crippen LogP contribution >= 0.6 is 0 Å². The number of carboxylic acid groups (broad SMARTS) is 1. The maximum absolute atomic E-state index is 12.0. The van der Waals surface area contributed by atoms with E-state index in [0.717, 1.165) is 19.6 Å². The fraction of sp³-hybridized carbons (Fsp3) is 0.429. The van der Waals surface area contributed by atoms with E-state index in [9.17, 15) is 9.59 Å². The molecule has 0 bridgehead atoms. The molecule has 21 heavy (non-hydrogen) atoms. The summed E-state index contributed by atoms with van der Waals surface area (Å²) >= 11 is 0. The molecule has 0 saturated carbocycles. The Labute approximate surface area is 120 Å². The predicted molar refractivity (Wildman–Crippen MR) is 76.8 cm³/mol. The number of carbonyl (C=O) groups is 1. The fourth-order valence-electron chi connectivity index (χ4n) is 2.57. The molecule has 0 amide bonds. The van der Waals surface area contributed by atoms with Crippen LogP contribution in [0.5, 0.6) is 0 Å². The van der Waals surface area contributed by atoms with Crippen LogP contribution in [-0.2, 0) is 11.3 Å². The lowest BCUT2D eigenvalue weighted by atomic mass is 10.2. The van der Waals surface area contributed by atoms with Crippen molar-refractivity contribution in [2.24, 2.45) is 0 Å². The summed E-state index contributed by atoms with van der Waals surface area (Å²) in [5, 5.41) is 9.06. The summed E-state index contributed by atoms with van der Waals surface area (Å²) < 4.78 is 6.89. The molecule has 2 aromatic rings. The molecular formula is C14H17N3O4. The number of carboxylic acids is 1. The predicted octanol–water partition coefficient (Wildman–Crippen LogP) is 0.360. The van der Waals surface area contributed by atoms with Crippen LogP contribution < -0.4 is 5.69 Å². The van der Waals surface area contributed by atoms with E-state index in [1.807, 2.05) is 0 Å². The number of morpholine rings is 1. The van der Waals surface area contributed by atoms with Gasteiger partial charge in [0.1, 0.15) is 0 Å². The zero-order chi connectivity index (χ0) is 14.8. The Balaban J connectivity index is 1.86. The topological polar surface area (TPSA) is 87.6 Å². The van der Waals surface area contributed by atoms with E-state index >= 15 is 0 Å². The van der Waals surface area contributed by atoms with Crippen LogP contribution in [0.2, 0.25) is 0 Å². The Bertz CT molecular complexity index is 713. The highest BCUT2D eigenvalue weighted by atomic mass is 16.5. The van der Waals surface area contributed by atoms with Gasteiger partial charge in [0.15, 0.2) is 0 Å². The number of hydrogen-bond donors (Lipinski definition) is 2. The number of H-pyrrole nitrogens is 1. The highest BCUT2D eigenvalue weighted by Crippen LogP contribution is 2.13. The first-order valence-electron chi connectivity index (χ1n) is 6.91. The van der Waals surface area contributed by atoms with Gasteiger partial charge in [-0.2, -0.15) is 0 Å². The minimum atomic E-state index is -0.995. The van der Waals surface area contributed by atoms with Gasteiger partial charge in [-0.15, -0.1) is 0 Å². The summed E-state index contributed by atoms with van der Waals surface area (Å²) in [5.41, 5.74) is 1.27. The van der Waals surface area contributed by atoms with Crippen LogP contribution in [0.4, 0.5) is 0 Å². The molecular weight excluding hydrogens is 274 g/mol. The van der Waals surface area contributed by atoms with Crippen LogP contribution in [0.1, 0.15) is 10.4 Å². The lowest BCUT2D eigenvalue weighted by Crippen LogP contribution is -2.39. The summed E-state index contributed by atoms with van der Waals surface area (Å²) in [7, 11) is 0. The highest BCUT2D eigenvalue weighted by molar-refractivity contribution is 5.92. The van der Waals surface area contributed by atoms with Gasteiger partial charge in [-0.3, -0.25) is 9.47 Å². The van der Waals surface area contributed by atoms with Crippen LogP contribution in [-0.4, -0.2) is 58.4 Å². The average Bonchev–Trinajstić information content (AvgIpc) is 2.80. The molecule has 0 unspecified atom stereocenters. The first-order valence-corrected chi connectivity index (χ1v) is 6.91. The number of aromatic carboxylic acids is 1. The van der Waals surface area contributed by atoms with Gasteiger partial charge >= 0.3 is 11.7 Å². The minimum Gasteiger partial charge on any atom is -0.478 e. The molecule has 112 valence electrons. The number of aromatic nitrogens is 2. The van der Waals surface area contributed by atoms with Crippen LogP contribution in [0, 0.1) is 0 Å². The van der Waals surface area contributed by atoms with Gasteiger partial charge in [-0.1, -0.05) is 0 Å². The lowest BCUT2D eigenvalue weighted by molar-refractivity contribution is 0.0364. The second kappa shape index (κ2) is 5.71. The molecule has 0 spiro atoms. The molecule has 0 radical (unpaired) electrons. The van der Waals surface area contributed by atoms with Gasteiger partial charge in [0.05, 0.1) is 29.8 Å². The minimum absolute atomic E-state index is 0.182. The van der Waals surface area contributed by atoms with Crippen molar-refractivity contribution in [3.63, 3.8) is 0 Å². The average molecular weight is 291 g/mol. The molecule has 0 atom stereocenters. The number of ether oxygens (including phenoxy) is 1. The molecule has 1 aromatic heterocycles. The van der Waals surface area contributed by atoms with E-state index in [-0.39, 0.29) is 11.3 Å². The van der Waals surface area contributed by atoms with Gasteiger partial charge < -0.3 is 14.8 Å². The Kier molecular flexibility index (Phi) is 3.76.